The molecule has 0 aliphatic carbocycles. The molecule has 5 heterocycles. The first-order valence-corrected chi connectivity index (χ1v) is 13.2. The van der Waals surface area contributed by atoms with Crippen molar-refractivity contribution in [2.24, 2.45) is 0 Å². The van der Waals surface area contributed by atoms with Gasteiger partial charge in [0, 0.05) is 39.0 Å². The van der Waals surface area contributed by atoms with E-state index in [1.54, 1.807) is 41.1 Å². The summed E-state index contributed by atoms with van der Waals surface area (Å²) in [5.41, 5.74) is 0.558. The molecule has 0 aromatic carbocycles. The summed E-state index contributed by atoms with van der Waals surface area (Å²) < 4.78 is 12.7. The summed E-state index contributed by atoms with van der Waals surface area (Å²) >= 11 is 6.67. The number of ether oxygens (including phenoxy) is 2. The van der Waals surface area contributed by atoms with Crippen LogP contribution in [0.25, 0.3) is 11.7 Å². The highest BCUT2D eigenvalue weighted by atomic mass is 32.2. The van der Waals surface area contributed by atoms with E-state index in [2.05, 4.69) is 0 Å². The molecule has 3 fully saturated rings. The SMILES string of the molecule is CCOC(=O)N1CCN(c2nc3ccccn3c(=O)c2/C=C2/SC(=S)N(CC3CCCO3)C2=O)CC1. The van der Waals surface area contributed by atoms with Gasteiger partial charge in [0.2, 0.25) is 0 Å². The van der Waals surface area contributed by atoms with Gasteiger partial charge >= 0.3 is 6.09 Å². The number of carbonyl (C=O) groups excluding carboxylic acids is 2. The van der Waals surface area contributed by atoms with Gasteiger partial charge in [0.05, 0.1) is 29.7 Å². The van der Waals surface area contributed by atoms with Gasteiger partial charge in [-0.3, -0.25) is 18.9 Å². The third-order valence-electron chi connectivity index (χ3n) is 6.41. The molecule has 190 valence electrons. The molecule has 3 aliphatic heterocycles. The van der Waals surface area contributed by atoms with E-state index in [0.29, 0.717) is 72.2 Å². The lowest BCUT2D eigenvalue weighted by atomic mass is 10.2. The number of rotatable bonds is 5. The lowest BCUT2D eigenvalue weighted by Crippen LogP contribution is -2.49. The van der Waals surface area contributed by atoms with Crippen LogP contribution in [-0.2, 0) is 14.3 Å². The van der Waals surface area contributed by atoms with E-state index in [0.717, 1.165) is 12.8 Å². The summed E-state index contributed by atoms with van der Waals surface area (Å²) in [4.78, 5) is 49.3. The molecule has 10 nitrogen and oxygen atoms in total. The van der Waals surface area contributed by atoms with Crippen LogP contribution < -0.4 is 10.5 Å². The topological polar surface area (TPSA) is 96.7 Å². The van der Waals surface area contributed by atoms with Crippen LogP contribution in [0.2, 0.25) is 0 Å². The van der Waals surface area contributed by atoms with Crippen LogP contribution in [0.1, 0.15) is 25.3 Å². The number of hydrogen-bond donors (Lipinski definition) is 0. The lowest BCUT2D eigenvalue weighted by Gasteiger charge is -2.35. The fraction of sp³-hybridized carbons (Fsp3) is 0.458. The van der Waals surface area contributed by atoms with E-state index in [4.69, 9.17) is 26.7 Å². The van der Waals surface area contributed by atoms with E-state index in [-0.39, 0.29) is 23.7 Å². The molecule has 0 bridgehead atoms. The van der Waals surface area contributed by atoms with Crippen molar-refractivity contribution in [3.05, 3.63) is 45.2 Å². The molecule has 0 saturated carbocycles. The van der Waals surface area contributed by atoms with Crippen molar-refractivity contribution >= 4 is 57.8 Å². The van der Waals surface area contributed by atoms with Gasteiger partial charge in [-0.25, -0.2) is 9.78 Å². The molecule has 2 aromatic heterocycles. The number of amides is 2. The Hall–Kier alpha value is -2.96. The standard InChI is InChI=1S/C24H27N5O5S2/c1-2-33-23(32)27-11-9-26(10-12-27)20-17(21(30)28-8-4-3-7-19(28)25-20)14-18-22(31)29(24(35)36-18)15-16-6-5-13-34-16/h3-4,7-8,14,16H,2,5-6,9-13,15H2,1H3/b18-14+. The van der Waals surface area contributed by atoms with E-state index >= 15 is 0 Å². The normalized spacial score (nSPS) is 21.8. The van der Waals surface area contributed by atoms with Gasteiger partial charge in [-0.15, -0.1) is 0 Å². The van der Waals surface area contributed by atoms with Crippen molar-refractivity contribution in [3.8, 4) is 0 Å². The number of piperazine rings is 1. The fourth-order valence-electron chi connectivity index (χ4n) is 4.55. The number of hydrogen-bond acceptors (Lipinski definition) is 9. The van der Waals surface area contributed by atoms with Crippen LogP contribution >= 0.6 is 24.0 Å². The molecule has 3 aliphatic rings. The maximum Gasteiger partial charge on any atom is 0.409 e. The average Bonchev–Trinajstić information content (AvgIpc) is 3.50. The quantitative estimate of drug-likeness (QED) is 0.427. The maximum absolute atomic E-state index is 13.6. The number of aromatic nitrogens is 2. The van der Waals surface area contributed by atoms with Crippen molar-refractivity contribution in [2.75, 3.05) is 50.8 Å². The predicted octanol–water partition coefficient (Wildman–Crippen LogP) is 2.35. The maximum atomic E-state index is 13.6. The molecule has 12 heteroatoms. The minimum Gasteiger partial charge on any atom is -0.450 e. The number of fused-ring (bicyclic) bond motifs is 1. The number of pyridine rings is 1. The fourth-order valence-corrected chi connectivity index (χ4v) is 5.81. The number of thiocarbonyl (C=S) groups is 1. The highest BCUT2D eigenvalue weighted by Gasteiger charge is 2.35. The zero-order chi connectivity index (χ0) is 25.2. The summed E-state index contributed by atoms with van der Waals surface area (Å²) in [6.45, 7) is 5.05. The first-order chi connectivity index (χ1) is 17.5. The highest BCUT2D eigenvalue weighted by molar-refractivity contribution is 8.26. The Morgan fingerprint density at radius 1 is 1.28 bits per heavy atom. The smallest absolute Gasteiger partial charge is 0.409 e. The molecule has 0 N–H and O–H groups in total. The van der Waals surface area contributed by atoms with Crippen LogP contribution in [0.3, 0.4) is 0 Å². The van der Waals surface area contributed by atoms with Gasteiger partial charge < -0.3 is 19.3 Å². The van der Waals surface area contributed by atoms with E-state index in [9.17, 15) is 14.4 Å². The van der Waals surface area contributed by atoms with Crippen LogP contribution in [0, 0.1) is 0 Å². The Morgan fingerprint density at radius 2 is 2.08 bits per heavy atom. The molecule has 3 saturated heterocycles. The highest BCUT2D eigenvalue weighted by Crippen LogP contribution is 2.34. The summed E-state index contributed by atoms with van der Waals surface area (Å²) in [5.74, 6) is 0.259. The summed E-state index contributed by atoms with van der Waals surface area (Å²) in [5, 5.41) is 0. The Labute approximate surface area is 217 Å². The van der Waals surface area contributed by atoms with Crippen molar-refractivity contribution < 1.29 is 19.1 Å². The Kier molecular flexibility index (Phi) is 7.26. The average molecular weight is 530 g/mol. The summed E-state index contributed by atoms with van der Waals surface area (Å²) in [7, 11) is 0. The van der Waals surface area contributed by atoms with E-state index in [1.165, 1.54) is 16.2 Å². The molecule has 2 aromatic rings. The Morgan fingerprint density at radius 3 is 2.81 bits per heavy atom. The zero-order valence-electron chi connectivity index (χ0n) is 19.9. The first-order valence-electron chi connectivity index (χ1n) is 12.0. The van der Waals surface area contributed by atoms with Gasteiger partial charge in [0.25, 0.3) is 11.5 Å². The summed E-state index contributed by atoms with van der Waals surface area (Å²) in [6, 6.07) is 5.35. The monoisotopic (exact) mass is 529 g/mol. The van der Waals surface area contributed by atoms with Gasteiger partial charge in [0.15, 0.2) is 0 Å². The van der Waals surface area contributed by atoms with Crippen molar-refractivity contribution in [3.63, 3.8) is 0 Å². The Bertz CT molecular complexity index is 1280. The first kappa shape index (κ1) is 24.7. The molecule has 2 amide bonds. The van der Waals surface area contributed by atoms with Crippen molar-refractivity contribution in [1.82, 2.24) is 19.2 Å². The molecular formula is C24H27N5O5S2. The molecule has 1 atom stereocenters. The largest absolute Gasteiger partial charge is 0.450 e. The van der Waals surface area contributed by atoms with Crippen molar-refractivity contribution in [1.29, 1.82) is 0 Å². The molecule has 1 unspecified atom stereocenters. The molecule has 36 heavy (non-hydrogen) atoms. The Balaban J connectivity index is 1.47. The lowest BCUT2D eigenvalue weighted by molar-refractivity contribution is -0.123. The summed E-state index contributed by atoms with van der Waals surface area (Å²) in [6.07, 6.45) is 4.77. The second-order valence-electron chi connectivity index (χ2n) is 8.68. The molecule has 0 spiro atoms. The van der Waals surface area contributed by atoms with Crippen LogP contribution in [0.4, 0.5) is 10.6 Å². The van der Waals surface area contributed by atoms with Crippen molar-refractivity contribution in [2.45, 2.75) is 25.9 Å². The van der Waals surface area contributed by atoms with Crippen LogP contribution in [-0.4, -0.2) is 87.5 Å². The third kappa shape index (κ3) is 4.84. The third-order valence-corrected chi connectivity index (χ3v) is 7.79. The van der Waals surface area contributed by atoms with E-state index < -0.39 is 0 Å². The molecule has 5 rings (SSSR count). The van der Waals surface area contributed by atoms with Gasteiger partial charge in [0.1, 0.15) is 15.8 Å². The zero-order valence-corrected chi connectivity index (χ0v) is 21.6. The predicted molar refractivity (Wildman–Crippen MR) is 141 cm³/mol. The number of anilines is 1. The van der Waals surface area contributed by atoms with E-state index in [1.807, 2.05) is 11.0 Å². The van der Waals surface area contributed by atoms with Gasteiger partial charge in [-0.2, -0.15) is 0 Å². The molecule has 0 radical (unpaired) electrons. The van der Waals surface area contributed by atoms with Crippen LogP contribution in [0.5, 0.6) is 0 Å². The molecular weight excluding hydrogens is 502 g/mol. The number of thioether (sulfide) groups is 1. The minimum atomic E-state index is -0.348. The second kappa shape index (κ2) is 10.6. The van der Waals surface area contributed by atoms with Gasteiger partial charge in [-0.1, -0.05) is 30.0 Å². The number of nitrogens with zero attached hydrogens (tertiary/aromatic N) is 5. The minimum absolute atomic E-state index is 0.0222. The van der Waals surface area contributed by atoms with Crippen LogP contribution in [0.15, 0.2) is 34.1 Å². The number of carbonyl (C=O) groups is 2. The van der Waals surface area contributed by atoms with Gasteiger partial charge in [-0.05, 0) is 38.0 Å². The second-order valence-corrected chi connectivity index (χ2v) is 10.4.